The molecule has 0 spiro atoms. The van der Waals surface area contributed by atoms with E-state index in [1.54, 1.807) is 0 Å². The van der Waals surface area contributed by atoms with E-state index >= 15 is 0 Å². The molecule has 0 bridgehead atoms. The highest BCUT2D eigenvalue weighted by Gasteiger charge is 2.44. The van der Waals surface area contributed by atoms with Crippen molar-refractivity contribution in [2.75, 3.05) is 13.2 Å². The standard InChI is InChI=1S/C62H119NO8/c1-3-5-7-9-11-13-15-17-19-21-23-25-26-27-28-29-30-32-34-36-38-40-42-44-46-48-50-52-58(66)63-55(54-70-62-61(69)60(68)59(67)57(53-64)71-62)56(65)51-49-47-45-43-41-39-37-35-33-31-24-22-20-18-16-14-12-10-8-6-4-2/h15,17,21,23,55-57,59-62,64-65,67-69H,3-14,16,18-20,22,24-54H2,1-2H3,(H,63,66)/b17-15-,23-21-. The summed E-state index contributed by atoms with van der Waals surface area (Å²) in [5, 5.41) is 54.8. The van der Waals surface area contributed by atoms with Crippen LogP contribution in [0.1, 0.15) is 309 Å². The van der Waals surface area contributed by atoms with Crippen molar-refractivity contribution in [1.29, 1.82) is 0 Å². The Morgan fingerprint density at radius 1 is 0.479 bits per heavy atom. The second kappa shape index (κ2) is 52.1. The maximum absolute atomic E-state index is 13.1. The lowest BCUT2D eigenvalue weighted by Gasteiger charge is -2.40. The van der Waals surface area contributed by atoms with Crippen LogP contribution in [0.15, 0.2) is 24.3 Å². The Morgan fingerprint density at radius 2 is 0.831 bits per heavy atom. The third-order valence-corrected chi connectivity index (χ3v) is 15.1. The van der Waals surface area contributed by atoms with Crippen LogP contribution in [0.3, 0.4) is 0 Å². The van der Waals surface area contributed by atoms with Crippen LogP contribution in [-0.4, -0.2) is 87.5 Å². The van der Waals surface area contributed by atoms with Crippen LogP contribution in [0.25, 0.3) is 0 Å². The van der Waals surface area contributed by atoms with Gasteiger partial charge in [0.1, 0.15) is 24.4 Å². The Labute approximate surface area is 439 Å². The molecule has 1 saturated heterocycles. The van der Waals surface area contributed by atoms with E-state index in [2.05, 4.69) is 43.5 Å². The van der Waals surface area contributed by atoms with Gasteiger partial charge in [0.25, 0.3) is 0 Å². The first-order chi connectivity index (χ1) is 34.8. The Morgan fingerprint density at radius 3 is 1.21 bits per heavy atom. The maximum atomic E-state index is 13.1. The fourth-order valence-electron chi connectivity index (χ4n) is 10.1. The van der Waals surface area contributed by atoms with Crippen molar-refractivity contribution in [2.24, 2.45) is 0 Å². The number of allylic oxidation sites excluding steroid dienone is 4. The number of unbranched alkanes of at least 4 members (excludes halogenated alkanes) is 40. The Bertz CT molecular complexity index is 1170. The molecule has 0 saturated carbocycles. The highest BCUT2D eigenvalue weighted by molar-refractivity contribution is 5.76. The molecular formula is C62H119NO8. The molecular weight excluding hydrogens is 887 g/mol. The van der Waals surface area contributed by atoms with Crippen LogP contribution in [0, 0.1) is 0 Å². The van der Waals surface area contributed by atoms with E-state index in [4.69, 9.17) is 9.47 Å². The van der Waals surface area contributed by atoms with Crippen molar-refractivity contribution in [1.82, 2.24) is 5.32 Å². The third kappa shape index (κ3) is 41.6. The average molecular weight is 1010 g/mol. The third-order valence-electron chi connectivity index (χ3n) is 15.1. The van der Waals surface area contributed by atoms with Crippen LogP contribution in [-0.2, 0) is 14.3 Å². The predicted molar refractivity (Wildman–Crippen MR) is 300 cm³/mol. The fraction of sp³-hybridized carbons (Fsp3) is 0.919. The van der Waals surface area contributed by atoms with E-state index < -0.39 is 49.5 Å². The number of carbonyl (C=O) groups is 1. The maximum Gasteiger partial charge on any atom is 0.220 e. The zero-order valence-corrected chi connectivity index (χ0v) is 46.8. The summed E-state index contributed by atoms with van der Waals surface area (Å²) in [7, 11) is 0. The zero-order chi connectivity index (χ0) is 51.5. The van der Waals surface area contributed by atoms with Gasteiger partial charge in [-0.2, -0.15) is 0 Å². The number of nitrogens with one attached hydrogen (secondary N) is 1. The largest absolute Gasteiger partial charge is 0.394 e. The molecule has 1 fully saturated rings. The van der Waals surface area contributed by atoms with Gasteiger partial charge in [0.15, 0.2) is 6.29 Å². The van der Waals surface area contributed by atoms with Crippen LogP contribution < -0.4 is 5.32 Å². The van der Waals surface area contributed by atoms with Crippen molar-refractivity contribution in [2.45, 2.75) is 352 Å². The molecule has 9 nitrogen and oxygen atoms in total. The molecule has 0 radical (unpaired) electrons. The van der Waals surface area contributed by atoms with Crippen molar-refractivity contribution in [3.8, 4) is 0 Å². The first-order valence-electron chi connectivity index (χ1n) is 31.0. The van der Waals surface area contributed by atoms with E-state index in [0.717, 1.165) is 44.9 Å². The Hall–Kier alpha value is -1.33. The minimum absolute atomic E-state index is 0.134. The molecule has 7 atom stereocenters. The van der Waals surface area contributed by atoms with Gasteiger partial charge in [-0.15, -0.1) is 0 Å². The lowest BCUT2D eigenvalue weighted by atomic mass is 9.99. The molecule has 1 aliphatic heterocycles. The molecule has 420 valence electrons. The predicted octanol–water partition coefficient (Wildman–Crippen LogP) is 15.7. The van der Waals surface area contributed by atoms with Crippen LogP contribution in [0.2, 0.25) is 0 Å². The van der Waals surface area contributed by atoms with Crippen LogP contribution in [0.4, 0.5) is 0 Å². The molecule has 7 unspecified atom stereocenters. The van der Waals surface area contributed by atoms with Gasteiger partial charge in [-0.25, -0.2) is 0 Å². The number of amides is 1. The molecule has 0 aromatic rings. The second-order valence-corrected chi connectivity index (χ2v) is 21.9. The number of aliphatic hydroxyl groups excluding tert-OH is 5. The number of hydrogen-bond donors (Lipinski definition) is 6. The first kappa shape index (κ1) is 67.7. The van der Waals surface area contributed by atoms with Gasteiger partial charge in [0.05, 0.1) is 25.4 Å². The summed E-state index contributed by atoms with van der Waals surface area (Å²) < 4.78 is 11.3. The van der Waals surface area contributed by atoms with E-state index in [1.807, 2.05) is 0 Å². The smallest absolute Gasteiger partial charge is 0.220 e. The zero-order valence-electron chi connectivity index (χ0n) is 46.8. The minimum atomic E-state index is -1.55. The molecule has 71 heavy (non-hydrogen) atoms. The molecule has 1 aliphatic rings. The molecule has 9 heteroatoms. The lowest BCUT2D eigenvalue weighted by Crippen LogP contribution is -2.60. The SMILES string of the molecule is CCCCCCC/C=C\C/C=C\CCCCCCCCCCCCCCCCCC(=O)NC(COC1OC(CO)C(O)C(O)C1O)C(O)CCCCCCCCCCCCCCCCCCCCCCC. The van der Waals surface area contributed by atoms with Gasteiger partial charge < -0.3 is 40.3 Å². The van der Waals surface area contributed by atoms with Crippen molar-refractivity contribution in [3.05, 3.63) is 24.3 Å². The van der Waals surface area contributed by atoms with E-state index in [1.165, 1.54) is 238 Å². The van der Waals surface area contributed by atoms with Gasteiger partial charge in [-0.3, -0.25) is 4.79 Å². The first-order valence-corrected chi connectivity index (χ1v) is 31.0. The number of aliphatic hydroxyl groups is 5. The van der Waals surface area contributed by atoms with Crippen LogP contribution in [0.5, 0.6) is 0 Å². The van der Waals surface area contributed by atoms with Gasteiger partial charge in [0, 0.05) is 6.42 Å². The molecule has 0 aliphatic carbocycles. The monoisotopic (exact) mass is 1010 g/mol. The van der Waals surface area contributed by atoms with E-state index in [9.17, 15) is 30.3 Å². The molecule has 1 amide bonds. The molecule has 0 aromatic heterocycles. The summed E-state index contributed by atoms with van der Waals surface area (Å²) >= 11 is 0. The lowest BCUT2D eigenvalue weighted by molar-refractivity contribution is -0.302. The van der Waals surface area contributed by atoms with Gasteiger partial charge in [-0.05, 0) is 44.9 Å². The molecule has 1 rings (SSSR count). The summed E-state index contributed by atoms with van der Waals surface area (Å²) in [5.41, 5.74) is 0. The summed E-state index contributed by atoms with van der Waals surface area (Å²) in [6.07, 6.45) is 59.3. The molecule has 1 heterocycles. The summed E-state index contributed by atoms with van der Waals surface area (Å²) in [4.78, 5) is 13.1. The fourth-order valence-corrected chi connectivity index (χ4v) is 10.1. The second-order valence-electron chi connectivity index (χ2n) is 21.9. The van der Waals surface area contributed by atoms with Gasteiger partial charge in [-0.1, -0.05) is 282 Å². The Balaban J connectivity index is 2.16. The highest BCUT2D eigenvalue weighted by atomic mass is 16.7. The topological polar surface area (TPSA) is 149 Å². The minimum Gasteiger partial charge on any atom is -0.394 e. The van der Waals surface area contributed by atoms with E-state index in [-0.39, 0.29) is 12.5 Å². The summed E-state index contributed by atoms with van der Waals surface area (Å²) in [5.74, 6) is -0.139. The number of rotatable bonds is 54. The highest BCUT2D eigenvalue weighted by Crippen LogP contribution is 2.23. The summed E-state index contributed by atoms with van der Waals surface area (Å²) in [6, 6.07) is -0.718. The molecule has 0 aromatic carbocycles. The van der Waals surface area contributed by atoms with Crippen molar-refractivity contribution in [3.63, 3.8) is 0 Å². The average Bonchev–Trinajstić information content (AvgIpc) is 3.37. The molecule has 6 N–H and O–H groups in total. The van der Waals surface area contributed by atoms with Gasteiger partial charge >= 0.3 is 0 Å². The van der Waals surface area contributed by atoms with Gasteiger partial charge in [0.2, 0.25) is 5.91 Å². The number of carbonyl (C=O) groups excluding carboxylic acids is 1. The van der Waals surface area contributed by atoms with Crippen molar-refractivity contribution < 1.29 is 39.8 Å². The van der Waals surface area contributed by atoms with Crippen LogP contribution >= 0.6 is 0 Å². The normalized spacial score (nSPS) is 19.3. The van der Waals surface area contributed by atoms with Crippen molar-refractivity contribution >= 4 is 5.91 Å². The number of hydrogen-bond acceptors (Lipinski definition) is 8. The quantitative estimate of drug-likeness (QED) is 0.0261. The number of ether oxygens (including phenoxy) is 2. The summed E-state index contributed by atoms with van der Waals surface area (Å²) in [6.45, 7) is 3.87. The Kier molecular flexibility index (Phi) is 49.7. The van der Waals surface area contributed by atoms with E-state index in [0.29, 0.717) is 12.8 Å².